The summed E-state index contributed by atoms with van der Waals surface area (Å²) in [6.45, 7) is 4.14. The van der Waals surface area contributed by atoms with Gasteiger partial charge in [0.25, 0.3) is 0 Å². The highest BCUT2D eigenvalue weighted by atomic mass is 16.5. The van der Waals surface area contributed by atoms with Gasteiger partial charge >= 0.3 is 0 Å². The SMILES string of the molecule is COc1ccccc1CNC(=O)C(C)(C)C(=O)N(C)CCc1ccncc1. The van der Waals surface area contributed by atoms with Crippen LogP contribution >= 0.6 is 0 Å². The first-order valence-electron chi connectivity index (χ1n) is 8.91. The van der Waals surface area contributed by atoms with Gasteiger partial charge in [0.2, 0.25) is 11.8 Å². The fourth-order valence-corrected chi connectivity index (χ4v) is 2.77. The van der Waals surface area contributed by atoms with Crippen LogP contribution in [0.4, 0.5) is 0 Å². The molecule has 0 saturated carbocycles. The van der Waals surface area contributed by atoms with Gasteiger partial charge < -0.3 is 15.0 Å². The number of ether oxygens (including phenoxy) is 1. The molecule has 0 atom stereocenters. The Labute approximate surface area is 160 Å². The van der Waals surface area contributed by atoms with Crippen molar-refractivity contribution in [2.75, 3.05) is 20.7 Å². The van der Waals surface area contributed by atoms with E-state index in [4.69, 9.17) is 4.74 Å². The number of nitrogens with zero attached hydrogens (tertiary/aromatic N) is 2. The summed E-state index contributed by atoms with van der Waals surface area (Å²) in [5.41, 5.74) is 0.806. The molecule has 2 rings (SSSR count). The van der Waals surface area contributed by atoms with Crippen molar-refractivity contribution in [3.8, 4) is 5.75 Å². The molecule has 0 radical (unpaired) electrons. The van der Waals surface area contributed by atoms with E-state index in [1.165, 1.54) is 0 Å². The zero-order chi connectivity index (χ0) is 19.9. The van der Waals surface area contributed by atoms with E-state index >= 15 is 0 Å². The summed E-state index contributed by atoms with van der Waals surface area (Å²) in [7, 11) is 3.31. The third-order valence-corrected chi connectivity index (χ3v) is 4.57. The van der Waals surface area contributed by atoms with Crippen molar-refractivity contribution in [1.82, 2.24) is 15.2 Å². The predicted molar refractivity (Wildman–Crippen MR) is 104 cm³/mol. The molecule has 0 bridgehead atoms. The quantitative estimate of drug-likeness (QED) is 0.726. The highest BCUT2D eigenvalue weighted by molar-refractivity contribution is 6.04. The van der Waals surface area contributed by atoms with Crippen molar-refractivity contribution in [3.63, 3.8) is 0 Å². The molecule has 0 spiro atoms. The molecule has 144 valence electrons. The number of benzene rings is 1. The zero-order valence-corrected chi connectivity index (χ0v) is 16.4. The molecule has 0 aliphatic carbocycles. The van der Waals surface area contributed by atoms with Crippen molar-refractivity contribution >= 4 is 11.8 Å². The number of likely N-dealkylation sites (N-methyl/N-ethyl adjacent to an activating group) is 1. The fourth-order valence-electron chi connectivity index (χ4n) is 2.77. The predicted octanol–water partition coefficient (Wildman–Crippen LogP) is 2.43. The molecule has 1 heterocycles. The van der Waals surface area contributed by atoms with E-state index in [-0.39, 0.29) is 11.8 Å². The van der Waals surface area contributed by atoms with E-state index in [2.05, 4.69) is 10.3 Å². The number of rotatable bonds is 8. The molecule has 0 saturated heterocycles. The first kappa shape index (κ1) is 20.4. The Morgan fingerprint density at radius 3 is 2.48 bits per heavy atom. The lowest BCUT2D eigenvalue weighted by atomic mass is 9.90. The van der Waals surface area contributed by atoms with Crippen LogP contribution in [0.3, 0.4) is 0 Å². The van der Waals surface area contributed by atoms with Crippen molar-refractivity contribution < 1.29 is 14.3 Å². The lowest BCUT2D eigenvalue weighted by molar-refractivity contribution is -0.147. The number of nitrogens with one attached hydrogen (secondary N) is 1. The van der Waals surface area contributed by atoms with Crippen LogP contribution in [-0.2, 0) is 22.6 Å². The maximum Gasteiger partial charge on any atom is 0.237 e. The van der Waals surface area contributed by atoms with Gasteiger partial charge in [0.15, 0.2) is 0 Å². The Bertz CT molecular complexity index is 775. The van der Waals surface area contributed by atoms with Crippen molar-refractivity contribution in [1.29, 1.82) is 0 Å². The second-order valence-electron chi connectivity index (χ2n) is 6.95. The molecule has 2 amide bonds. The van der Waals surface area contributed by atoms with Crippen molar-refractivity contribution in [2.45, 2.75) is 26.8 Å². The molecule has 1 aromatic carbocycles. The highest BCUT2D eigenvalue weighted by Crippen LogP contribution is 2.21. The maximum atomic E-state index is 12.8. The van der Waals surface area contributed by atoms with Gasteiger partial charge in [-0.05, 0) is 44.0 Å². The van der Waals surface area contributed by atoms with Gasteiger partial charge in [-0.3, -0.25) is 14.6 Å². The summed E-state index contributed by atoms with van der Waals surface area (Å²) in [6.07, 6.45) is 4.17. The first-order chi connectivity index (χ1) is 12.9. The van der Waals surface area contributed by atoms with Crippen LogP contribution in [0.25, 0.3) is 0 Å². The normalized spacial score (nSPS) is 11.0. The molecular formula is C21H27N3O3. The fraction of sp³-hybridized carbons (Fsp3) is 0.381. The number of carbonyl (C=O) groups is 2. The Morgan fingerprint density at radius 1 is 1.15 bits per heavy atom. The van der Waals surface area contributed by atoms with E-state index in [1.807, 2.05) is 36.4 Å². The number of carbonyl (C=O) groups excluding carboxylic acids is 2. The smallest absolute Gasteiger partial charge is 0.237 e. The summed E-state index contributed by atoms with van der Waals surface area (Å²) < 4.78 is 5.29. The number of hydrogen-bond acceptors (Lipinski definition) is 4. The third kappa shape index (κ3) is 5.29. The van der Waals surface area contributed by atoms with E-state index < -0.39 is 5.41 Å². The minimum absolute atomic E-state index is 0.214. The van der Waals surface area contributed by atoms with Crippen molar-refractivity contribution in [3.05, 3.63) is 59.9 Å². The summed E-state index contributed by atoms with van der Waals surface area (Å²) >= 11 is 0. The molecule has 0 aliphatic heterocycles. The minimum Gasteiger partial charge on any atom is -0.496 e. The van der Waals surface area contributed by atoms with Crippen LogP contribution in [-0.4, -0.2) is 42.4 Å². The molecule has 0 aliphatic rings. The van der Waals surface area contributed by atoms with Crippen LogP contribution in [0.5, 0.6) is 5.75 Å². The van der Waals surface area contributed by atoms with Gasteiger partial charge in [-0.2, -0.15) is 0 Å². The standard InChI is InChI=1S/C21H27N3O3/c1-21(2,19(25)23-15-17-7-5-6-8-18(17)27-4)20(26)24(3)14-11-16-9-12-22-13-10-16/h5-10,12-13H,11,14-15H2,1-4H3,(H,23,25). The van der Waals surface area contributed by atoms with E-state index in [0.29, 0.717) is 25.3 Å². The summed E-state index contributed by atoms with van der Waals surface area (Å²) in [4.78, 5) is 31.0. The van der Waals surface area contributed by atoms with Crippen LogP contribution in [0.1, 0.15) is 25.0 Å². The molecule has 27 heavy (non-hydrogen) atoms. The zero-order valence-electron chi connectivity index (χ0n) is 16.4. The van der Waals surface area contributed by atoms with Gasteiger partial charge in [-0.15, -0.1) is 0 Å². The maximum absolute atomic E-state index is 12.8. The lowest BCUT2D eigenvalue weighted by Crippen LogP contribution is -2.48. The monoisotopic (exact) mass is 369 g/mol. The van der Waals surface area contributed by atoms with Gasteiger partial charge in [-0.1, -0.05) is 18.2 Å². The molecule has 1 N–H and O–H groups in total. The number of amides is 2. The average molecular weight is 369 g/mol. The van der Waals surface area contributed by atoms with Crippen LogP contribution in [0.15, 0.2) is 48.8 Å². The number of methoxy groups -OCH3 is 1. The largest absolute Gasteiger partial charge is 0.496 e. The number of para-hydroxylation sites is 1. The first-order valence-corrected chi connectivity index (χ1v) is 8.91. The van der Waals surface area contributed by atoms with E-state index in [9.17, 15) is 9.59 Å². The van der Waals surface area contributed by atoms with Crippen LogP contribution < -0.4 is 10.1 Å². The molecular weight excluding hydrogens is 342 g/mol. The van der Waals surface area contributed by atoms with Crippen LogP contribution in [0.2, 0.25) is 0 Å². The highest BCUT2D eigenvalue weighted by Gasteiger charge is 2.37. The Kier molecular flexibility index (Phi) is 6.93. The Balaban J connectivity index is 1.94. The summed E-state index contributed by atoms with van der Waals surface area (Å²) in [6, 6.07) is 11.3. The Morgan fingerprint density at radius 2 is 1.81 bits per heavy atom. The van der Waals surface area contributed by atoms with Gasteiger partial charge in [0, 0.05) is 38.1 Å². The molecule has 2 aromatic rings. The summed E-state index contributed by atoms with van der Waals surface area (Å²) in [5.74, 6) is 0.180. The van der Waals surface area contributed by atoms with Crippen LogP contribution in [0, 0.1) is 5.41 Å². The number of aromatic nitrogens is 1. The van der Waals surface area contributed by atoms with Gasteiger partial charge in [0.1, 0.15) is 11.2 Å². The van der Waals surface area contributed by atoms with E-state index in [0.717, 1.165) is 11.1 Å². The Hall–Kier alpha value is -2.89. The molecule has 6 nitrogen and oxygen atoms in total. The topological polar surface area (TPSA) is 71.5 Å². The minimum atomic E-state index is -1.16. The molecule has 1 aromatic heterocycles. The summed E-state index contributed by atoms with van der Waals surface area (Å²) in [5, 5.41) is 2.85. The molecule has 6 heteroatoms. The second-order valence-corrected chi connectivity index (χ2v) is 6.95. The molecule has 0 unspecified atom stereocenters. The molecule has 0 fully saturated rings. The van der Waals surface area contributed by atoms with Gasteiger partial charge in [-0.25, -0.2) is 0 Å². The second kappa shape index (κ2) is 9.16. The number of pyridine rings is 1. The van der Waals surface area contributed by atoms with Gasteiger partial charge in [0.05, 0.1) is 7.11 Å². The van der Waals surface area contributed by atoms with E-state index in [1.54, 1.807) is 45.3 Å². The third-order valence-electron chi connectivity index (χ3n) is 4.57. The lowest BCUT2D eigenvalue weighted by Gasteiger charge is -2.28. The average Bonchev–Trinajstić information content (AvgIpc) is 2.70. The van der Waals surface area contributed by atoms with Crippen molar-refractivity contribution in [2.24, 2.45) is 5.41 Å². The number of hydrogen-bond donors (Lipinski definition) is 1.